The third-order valence-corrected chi connectivity index (χ3v) is 5.05. The Morgan fingerprint density at radius 1 is 1.07 bits per heavy atom. The van der Waals surface area contributed by atoms with Gasteiger partial charge in [0, 0.05) is 6.26 Å². The van der Waals surface area contributed by atoms with Crippen LogP contribution in [0, 0.1) is 0 Å². The van der Waals surface area contributed by atoms with Gasteiger partial charge in [0.2, 0.25) is 0 Å². The van der Waals surface area contributed by atoms with Crippen LogP contribution in [0.4, 0.5) is 0 Å². The molecule has 6 nitrogen and oxygen atoms in total. The molecule has 1 atom stereocenters. The second-order valence-corrected chi connectivity index (χ2v) is 8.87. The largest absolute Gasteiger partial charge is 0.452 e. The minimum absolute atomic E-state index is 0.164. The van der Waals surface area contributed by atoms with Gasteiger partial charge in [-0.3, -0.25) is 4.79 Å². The lowest BCUT2D eigenvalue weighted by Gasteiger charge is -2.15. The Labute approximate surface area is 165 Å². The molecule has 28 heavy (non-hydrogen) atoms. The van der Waals surface area contributed by atoms with Gasteiger partial charge in [-0.2, -0.15) is 0 Å². The van der Waals surface area contributed by atoms with Gasteiger partial charge in [-0.05, 0) is 42.2 Å². The van der Waals surface area contributed by atoms with Crippen molar-refractivity contribution in [3.63, 3.8) is 0 Å². The molecule has 0 aliphatic carbocycles. The molecule has 0 radical (unpaired) electrons. The molecule has 0 bridgehead atoms. The number of hydrogen-bond acceptors (Lipinski definition) is 5. The molecule has 0 saturated carbocycles. The monoisotopic (exact) mass is 403 g/mol. The van der Waals surface area contributed by atoms with Crippen molar-refractivity contribution in [3.05, 3.63) is 70.8 Å². The van der Waals surface area contributed by atoms with Crippen molar-refractivity contribution in [1.82, 2.24) is 5.32 Å². The highest BCUT2D eigenvalue weighted by Gasteiger charge is 2.14. The van der Waals surface area contributed by atoms with E-state index < -0.39 is 28.3 Å². The highest BCUT2D eigenvalue weighted by Crippen LogP contribution is 2.14. The first-order valence-corrected chi connectivity index (χ1v) is 11.1. The van der Waals surface area contributed by atoms with Crippen LogP contribution in [0.5, 0.6) is 0 Å². The average molecular weight is 404 g/mol. The maximum absolute atomic E-state index is 12.1. The van der Waals surface area contributed by atoms with Gasteiger partial charge in [0.05, 0.1) is 17.4 Å². The van der Waals surface area contributed by atoms with E-state index in [-0.39, 0.29) is 17.4 Å². The molecule has 0 fully saturated rings. The summed E-state index contributed by atoms with van der Waals surface area (Å²) in [5, 5.41) is 2.79. The summed E-state index contributed by atoms with van der Waals surface area (Å²) in [6.45, 7) is 3.52. The Bertz CT molecular complexity index is 936. The summed E-state index contributed by atoms with van der Waals surface area (Å²) in [5.74, 6) is -1.25. The summed E-state index contributed by atoms with van der Waals surface area (Å²) in [4.78, 5) is 24.2. The molecule has 0 saturated heterocycles. The fourth-order valence-corrected chi connectivity index (χ4v) is 3.50. The Hall–Kier alpha value is -2.67. The molecule has 1 amide bonds. The Balaban J connectivity index is 1.89. The van der Waals surface area contributed by atoms with E-state index in [9.17, 15) is 18.0 Å². The third-order valence-electron chi connectivity index (χ3n) is 4.19. The van der Waals surface area contributed by atoms with Gasteiger partial charge in [0.15, 0.2) is 16.4 Å². The van der Waals surface area contributed by atoms with Gasteiger partial charge in [-0.25, -0.2) is 13.2 Å². The molecule has 2 aromatic carbocycles. The first-order valence-electron chi connectivity index (χ1n) is 9.00. The zero-order valence-electron chi connectivity index (χ0n) is 16.3. The number of amides is 1. The number of nitrogens with one attached hydrogen (secondary N) is 1. The third kappa shape index (κ3) is 6.81. The maximum Gasteiger partial charge on any atom is 0.338 e. The molecule has 0 aliphatic rings. The van der Waals surface area contributed by atoms with Crippen molar-refractivity contribution in [2.24, 2.45) is 0 Å². The molecule has 0 heterocycles. The highest BCUT2D eigenvalue weighted by atomic mass is 32.2. The zero-order valence-corrected chi connectivity index (χ0v) is 17.1. The van der Waals surface area contributed by atoms with Crippen LogP contribution >= 0.6 is 0 Å². The Morgan fingerprint density at radius 3 is 2.36 bits per heavy atom. The predicted molar refractivity (Wildman–Crippen MR) is 108 cm³/mol. The van der Waals surface area contributed by atoms with Crippen LogP contribution in [0.3, 0.4) is 0 Å². The number of aryl methyl sites for hydroxylation is 1. The standard InChI is InChI=1S/C21H25NO5S/c1-4-16-8-10-18(11-9-16)15(2)22-20(23)13-27-21(24)19-7-5-6-17(12-19)14-28(3,25)26/h5-12,15H,4,13-14H2,1-3H3,(H,22,23). The van der Waals surface area contributed by atoms with Gasteiger partial charge < -0.3 is 10.1 Å². The Kier molecular flexibility index (Phi) is 7.34. The van der Waals surface area contributed by atoms with Crippen LogP contribution < -0.4 is 5.32 Å². The van der Waals surface area contributed by atoms with Gasteiger partial charge in [0.1, 0.15) is 0 Å². The molecular formula is C21H25NO5S. The molecule has 1 unspecified atom stereocenters. The van der Waals surface area contributed by atoms with E-state index in [4.69, 9.17) is 4.74 Å². The lowest BCUT2D eigenvalue weighted by Crippen LogP contribution is -2.31. The topological polar surface area (TPSA) is 89.5 Å². The first-order chi connectivity index (χ1) is 13.2. The molecule has 2 aromatic rings. The van der Waals surface area contributed by atoms with Crippen molar-refractivity contribution < 1.29 is 22.7 Å². The van der Waals surface area contributed by atoms with Crippen LogP contribution in [-0.4, -0.2) is 33.2 Å². The van der Waals surface area contributed by atoms with Crippen molar-refractivity contribution in [1.29, 1.82) is 0 Å². The summed E-state index contributed by atoms with van der Waals surface area (Å²) in [7, 11) is -3.21. The molecule has 7 heteroatoms. The minimum atomic E-state index is -3.21. The van der Waals surface area contributed by atoms with E-state index in [0.717, 1.165) is 18.2 Å². The molecular weight excluding hydrogens is 378 g/mol. The number of hydrogen-bond donors (Lipinski definition) is 1. The number of rotatable bonds is 8. The van der Waals surface area contributed by atoms with Crippen LogP contribution in [0.1, 0.15) is 46.9 Å². The fourth-order valence-electron chi connectivity index (χ4n) is 2.71. The average Bonchev–Trinajstić information content (AvgIpc) is 2.65. The summed E-state index contributed by atoms with van der Waals surface area (Å²) in [6.07, 6.45) is 2.07. The Morgan fingerprint density at radius 2 is 1.75 bits per heavy atom. The second-order valence-electron chi connectivity index (χ2n) is 6.73. The molecule has 150 valence electrons. The lowest BCUT2D eigenvalue weighted by molar-refractivity contribution is -0.124. The number of carbonyl (C=O) groups is 2. The van der Waals surface area contributed by atoms with E-state index in [1.54, 1.807) is 12.1 Å². The van der Waals surface area contributed by atoms with Crippen LogP contribution in [0.2, 0.25) is 0 Å². The molecule has 0 aliphatic heterocycles. The minimum Gasteiger partial charge on any atom is -0.452 e. The van der Waals surface area contributed by atoms with Crippen LogP contribution in [-0.2, 0) is 31.5 Å². The highest BCUT2D eigenvalue weighted by molar-refractivity contribution is 7.89. The van der Waals surface area contributed by atoms with Crippen LogP contribution in [0.25, 0.3) is 0 Å². The summed E-state index contributed by atoms with van der Waals surface area (Å²) in [6, 6.07) is 13.9. The SMILES string of the molecule is CCc1ccc(C(C)NC(=O)COC(=O)c2cccc(CS(C)(=O)=O)c2)cc1. The summed E-state index contributed by atoms with van der Waals surface area (Å²) < 4.78 is 27.8. The number of sulfone groups is 1. The van der Waals surface area contributed by atoms with Gasteiger partial charge in [-0.1, -0.05) is 43.3 Å². The van der Waals surface area contributed by atoms with Crippen molar-refractivity contribution in [2.75, 3.05) is 12.9 Å². The number of ether oxygens (including phenoxy) is 1. The van der Waals surface area contributed by atoms with Crippen molar-refractivity contribution in [3.8, 4) is 0 Å². The smallest absolute Gasteiger partial charge is 0.338 e. The number of esters is 1. The summed E-state index contributed by atoms with van der Waals surface area (Å²) in [5.41, 5.74) is 2.88. The van der Waals surface area contributed by atoms with Crippen molar-refractivity contribution >= 4 is 21.7 Å². The lowest BCUT2D eigenvalue weighted by atomic mass is 10.1. The van der Waals surface area contributed by atoms with E-state index >= 15 is 0 Å². The van der Waals surface area contributed by atoms with E-state index in [1.165, 1.54) is 17.7 Å². The van der Waals surface area contributed by atoms with Crippen molar-refractivity contribution in [2.45, 2.75) is 32.1 Å². The predicted octanol–water partition coefficient (Wildman–Crippen LogP) is 2.83. The van der Waals surface area contributed by atoms with E-state index in [0.29, 0.717) is 5.56 Å². The van der Waals surface area contributed by atoms with Gasteiger partial charge in [0.25, 0.3) is 5.91 Å². The van der Waals surface area contributed by atoms with Crippen LogP contribution in [0.15, 0.2) is 48.5 Å². The molecule has 2 rings (SSSR count). The number of benzene rings is 2. The van der Waals surface area contributed by atoms with Gasteiger partial charge >= 0.3 is 5.97 Å². The van der Waals surface area contributed by atoms with Gasteiger partial charge in [-0.15, -0.1) is 0 Å². The molecule has 1 N–H and O–H groups in total. The molecule has 0 spiro atoms. The molecule has 0 aromatic heterocycles. The fraction of sp³-hybridized carbons (Fsp3) is 0.333. The van der Waals surface area contributed by atoms with E-state index in [2.05, 4.69) is 12.2 Å². The zero-order chi connectivity index (χ0) is 20.7. The number of carbonyl (C=O) groups excluding carboxylic acids is 2. The quantitative estimate of drug-likeness (QED) is 0.685. The normalized spacial score (nSPS) is 12.2. The summed E-state index contributed by atoms with van der Waals surface area (Å²) >= 11 is 0. The van der Waals surface area contributed by atoms with E-state index in [1.807, 2.05) is 31.2 Å². The second kappa shape index (κ2) is 9.50. The maximum atomic E-state index is 12.1. The first kappa shape index (κ1) is 21.6.